The van der Waals surface area contributed by atoms with Crippen LogP contribution in [-0.2, 0) is 14.3 Å². The molecule has 180 valence electrons. The maximum absolute atomic E-state index is 12.6. The van der Waals surface area contributed by atoms with Crippen molar-refractivity contribution in [2.45, 2.75) is 12.5 Å². The SMILES string of the molecule is COc1ccc(NC(=O)NC(=O)COC(=O)CC(NC(=O)c2ccccc2)c2ccccc2)cc1. The molecule has 0 saturated carbocycles. The van der Waals surface area contributed by atoms with Gasteiger partial charge in [0, 0.05) is 11.3 Å². The molecule has 1 atom stereocenters. The quantitative estimate of drug-likeness (QED) is 0.408. The average Bonchev–Trinajstić information content (AvgIpc) is 2.88. The zero-order valence-electron chi connectivity index (χ0n) is 19.0. The largest absolute Gasteiger partial charge is 0.497 e. The first-order chi connectivity index (χ1) is 16.9. The summed E-state index contributed by atoms with van der Waals surface area (Å²) in [7, 11) is 1.52. The molecule has 0 bridgehead atoms. The molecule has 0 fully saturated rings. The summed E-state index contributed by atoms with van der Waals surface area (Å²) in [5.41, 5.74) is 1.61. The number of carbonyl (C=O) groups excluding carboxylic acids is 4. The molecule has 9 heteroatoms. The van der Waals surface area contributed by atoms with Crippen LogP contribution in [-0.4, -0.2) is 37.5 Å². The molecule has 9 nitrogen and oxygen atoms in total. The van der Waals surface area contributed by atoms with Crippen molar-refractivity contribution in [1.82, 2.24) is 10.6 Å². The van der Waals surface area contributed by atoms with Gasteiger partial charge < -0.3 is 20.1 Å². The molecule has 1 unspecified atom stereocenters. The van der Waals surface area contributed by atoms with Gasteiger partial charge in [0.2, 0.25) is 0 Å². The Kier molecular flexibility index (Phi) is 8.95. The fourth-order valence-electron chi connectivity index (χ4n) is 3.14. The fourth-order valence-corrected chi connectivity index (χ4v) is 3.14. The number of carbonyl (C=O) groups is 4. The van der Waals surface area contributed by atoms with Gasteiger partial charge in [-0.15, -0.1) is 0 Å². The molecular formula is C26H25N3O6. The third-order valence-electron chi connectivity index (χ3n) is 4.88. The molecule has 35 heavy (non-hydrogen) atoms. The lowest BCUT2D eigenvalue weighted by Crippen LogP contribution is -2.37. The third-order valence-corrected chi connectivity index (χ3v) is 4.88. The topological polar surface area (TPSA) is 123 Å². The molecule has 4 amide bonds. The summed E-state index contributed by atoms with van der Waals surface area (Å²) >= 11 is 0. The van der Waals surface area contributed by atoms with Gasteiger partial charge in [-0.1, -0.05) is 48.5 Å². The van der Waals surface area contributed by atoms with Crippen LogP contribution in [0.1, 0.15) is 28.4 Å². The first kappa shape index (κ1) is 25.0. The first-order valence-electron chi connectivity index (χ1n) is 10.8. The maximum Gasteiger partial charge on any atom is 0.325 e. The van der Waals surface area contributed by atoms with Crippen LogP contribution in [0.15, 0.2) is 84.9 Å². The molecular weight excluding hydrogens is 450 g/mol. The van der Waals surface area contributed by atoms with Crippen molar-refractivity contribution in [2.24, 2.45) is 0 Å². The number of esters is 1. The Labute approximate surface area is 202 Å². The molecule has 3 N–H and O–H groups in total. The second-order valence-electron chi connectivity index (χ2n) is 7.40. The van der Waals surface area contributed by atoms with E-state index in [0.717, 1.165) is 0 Å². The first-order valence-corrected chi connectivity index (χ1v) is 10.8. The third kappa shape index (κ3) is 8.01. The zero-order chi connectivity index (χ0) is 25.0. The Balaban J connectivity index is 1.51. The Morgan fingerprint density at radius 3 is 2.09 bits per heavy atom. The summed E-state index contributed by atoms with van der Waals surface area (Å²) in [6, 6.07) is 22.6. The summed E-state index contributed by atoms with van der Waals surface area (Å²) in [6.45, 7) is -0.650. The Morgan fingerprint density at radius 2 is 1.46 bits per heavy atom. The van der Waals surface area contributed by atoms with Gasteiger partial charge in [0.1, 0.15) is 5.75 Å². The molecule has 0 aromatic heterocycles. The average molecular weight is 476 g/mol. The lowest BCUT2D eigenvalue weighted by atomic mass is 10.0. The molecule has 3 rings (SSSR count). The molecule has 0 aliphatic rings. The molecule has 0 radical (unpaired) electrons. The number of ether oxygens (including phenoxy) is 2. The monoisotopic (exact) mass is 475 g/mol. The van der Waals surface area contributed by atoms with Gasteiger partial charge in [-0.25, -0.2) is 4.79 Å². The highest BCUT2D eigenvalue weighted by Gasteiger charge is 2.21. The van der Waals surface area contributed by atoms with E-state index in [1.165, 1.54) is 7.11 Å². The Bertz CT molecular complexity index is 1150. The number of methoxy groups -OCH3 is 1. The molecule has 0 heterocycles. The van der Waals surface area contributed by atoms with E-state index in [-0.39, 0.29) is 12.3 Å². The van der Waals surface area contributed by atoms with Gasteiger partial charge in [0.05, 0.1) is 19.6 Å². The lowest BCUT2D eigenvalue weighted by Gasteiger charge is -2.18. The van der Waals surface area contributed by atoms with E-state index in [1.54, 1.807) is 78.9 Å². The highest BCUT2D eigenvalue weighted by molar-refractivity contribution is 6.02. The van der Waals surface area contributed by atoms with Crippen LogP contribution in [0.25, 0.3) is 0 Å². The smallest absolute Gasteiger partial charge is 0.325 e. The van der Waals surface area contributed by atoms with Crippen molar-refractivity contribution in [1.29, 1.82) is 0 Å². The summed E-state index contributed by atoms with van der Waals surface area (Å²) in [5.74, 6) is -1.24. The minimum atomic E-state index is -0.797. The predicted octanol–water partition coefficient (Wildman–Crippen LogP) is 3.45. The van der Waals surface area contributed by atoms with Crippen LogP contribution in [0, 0.1) is 0 Å². The van der Waals surface area contributed by atoms with Crippen LogP contribution in [0.3, 0.4) is 0 Å². The van der Waals surface area contributed by atoms with Gasteiger partial charge in [0.25, 0.3) is 11.8 Å². The number of amides is 4. The second kappa shape index (κ2) is 12.5. The fraction of sp³-hybridized carbons (Fsp3) is 0.154. The van der Waals surface area contributed by atoms with Gasteiger partial charge in [-0.05, 0) is 42.0 Å². The highest BCUT2D eigenvalue weighted by Crippen LogP contribution is 2.18. The second-order valence-corrected chi connectivity index (χ2v) is 7.40. The van der Waals surface area contributed by atoms with Crippen LogP contribution < -0.4 is 20.7 Å². The van der Waals surface area contributed by atoms with Gasteiger partial charge in [-0.2, -0.15) is 0 Å². The van der Waals surface area contributed by atoms with Gasteiger partial charge >= 0.3 is 12.0 Å². The molecule has 0 aliphatic heterocycles. The molecule has 0 aliphatic carbocycles. The molecule has 3 aromatic rings. The number of nitrogens with one attached hydrogen (secondary N) is 3. The van der Waals surface area contributed by atoms with Crippen molar-refractivity contribution < 1.29 is 28.7 Å². The van der Waals surface area contributed by atoms with Crippen molar-refractivity contribution >= 4 is 29.5 Å². The van der Waals surface area contributed by atoms with E-state index in [2.05, 4.69) is 16.0 Å². The maximum atomic E-state index is 12.6. The minimum Gasteiger partial charge on any atom is -0.497 e. The summed E-state index contributed by atoms with van der Waals surface area (Å²) in [4.78, 5) is 49.0. The molecule has 0 saturated heterocycles. The van der Waals surface area contributed by atoms with Crippen LogP contribution in [0.5, 0.6) is 5.75 Å². The van der Waals surface area contributed by atoms with Crippen LogP contribution >= 0.6 is 0 Å². The van der Waals surface area contributed by atoms with Gasteiger partial charge in [0.15, 0.2) is 6.61 Å². The number of urea groups is 1. The summed E-state index contributed by atoms with van der Waals surface area (Å²) in [5, 5.41) is 7.39. The number of hydrogen-bond donors (Lipinski definition) is 3. The van der Waals surface area contributed by atoms with E-state index in [0.29, 0.717) is 22.6 Å². The highest BCUT2D eigenvalue weighted by atomic mass is 16.5. The van der Waals surface area contributed by atoms with Crippen LogP contribution in [0.2, 0.25) is 0 Å². The zero-order valence-corrected chi connectivity index (χ0v) is 19.0. The molecule has 0 spiro atoms. The van der Waals surface area contributed by atoms with Crippen molar-refractivity contribution in [2.75, 3.05) is 19.0 Å². The van der Waals surface area contributed by atoms with Crippen LogP contribution in [0.4, 0.5) is 10.5 Å². The van der Waals surface area contributed by atoms with E-state index >= 15 is 0 Å². The van der Waals surface area contributed by atoms with E-state index in [1.807, 2.05) is 6.07 Å². The Hall–Kier alpha value is -4.66. The predicted molar refractivity (Wildman–Crippen MR) is 129 cm³/mol. The number of anilines is 1. The standard InChI is InChI=1S/C26H25N3O6/c1-34-21-14-12-20(13-15-21)27-26(33)29-23(30)17-35-24(31)16-22(18-8-4-2-5-9-18)28-25(32)19-10-6-3-7-11-19/h2-15,22H,16-17H2,1H3,(H,28,32)(H2,27,29,30,33). The number of hydrogen-bond acceptors (Lipinski definition) is 6. The number of imide groups is 1. The van der Waals surface area contributed by atoms with E-state index in [9.17, 15) is 19.2 Å². The summed E-state index contributed by atoms with van der Waals surface area (Å²) < 4.78 is 10.1. The van der Waals surface area contributed by atoms with Gasteiger partial charge in [-0.3, -0.25) is 19.7 Å². The number of rotatable bonds is 9. The normalized spacial score (nSPS) is 11.0. The number of benzene rings is 3. The van der Waals surface area contributed by atoms with E-state index < -0.39 is 30.6 Å². The lowest BCUT2D eigenvalue weighted by molar-refractivity contribution is -0.148. The minimum absolute atomic E-state index is 0.200. The van der Waals surface area contributed by atoms with Crippen molar-refractivity contribution in [3.8, 4) is 5.75 Å². The summed E-state index contributed by atoms with van der Waals surface area (Å²) in [6.07, 6.45) is -0.200. The Morgan fingerprint density at radius 1 is 0.829 bits per heavy atom. The molecule has 3 aromatic carbocycles. The van der Waals surface area contributed by atoms with Crippen molar-refractivity contribution in [3.05, 3.63) is 96.1 Å². The van der Waals surface area contributed by atoms with E-state index in [4.69, 9.17) is 9.47 Å². The van der Waals surface area contributed by atoms with Crippen molar-refractivity contribution in [3.63, 3.8) is 0 Å².